The summed E-state index contributed by atoms with van der Waals surface area (Å²) in [5, 5.41) is 16.0. The molecule has 3 heteroatoms. The second kappa shape index (κ2) is 27.1. The summed E-state index contributed by atoms with van der Waals surface area (Å²) in [6.07, 6.45) is 21.7. The predicted octanol–water partition coefficient (Wildman–Crippen LogP) is 6.64. The van der Waals surface area contributed by atoms with Crippen molar-refractivity contribution in [2.45, 2.75) is 130 Å². The second-order valence-corrected chi connectivity index (χ2v) is 7.59. The van der Waals surface area contributed by atoms with Crippen molar-refractivity contribution in [2.24, 2.45) is 0 Å². The Kier molecular flexibility index (Phi) is 29.3. The fourth-order valence-corrected chi connectivity index (χ4v) is 2.78. The van der Waals surface area contributed by atoms with Crippen LogP contribution in [-0.4, -0.2) is 36.1 Å². The van der Waals surface area contributed by atoms with E-state index in [9.17, 15) is 0 Å². The Hall–Kier alpha value is -0.120. The molecule has 0 saturated carbocycles. The molecule has 0 spiro atoms. The van der Waals surface area contributed by atoms with Gasteiger partial charge in [0, 0.05) is 13.2 Å². The fourth-order valence-electron chi connectivity index (χ4n) is 2.78. The van der Waals surface area contributed by atoms with Gasteiger partial charge in [-0.1, -0.05) is 104 Å². The Balaban J connectivity index is 0. The molecule has 160 valence electrons. The van der Waals surface area contributed by atoms with Crippen LogP contribution in [0.25, 0.3) is 0 Å². The van der Waals surface area contributed by atoms with Gasteiger partial charge in [0.15, 0.2) is 0 Å². The molecular weight excluding hydrogens is 324 g/mol. The van der Waals surface area contributed by atoms with Crippen LogP contribution >= 0.6 is 0 Å². The van der Waals surface area contributed by atoms with E-state index in [1.807, 2.05) is 0 Å². The van der Waals surface area contributed by atoms with Crippen molar-refractivity contribution in [1.82, 2.24) is 0 Å². The van der Waals surface area contributed by atoms with Crippen LogP contribution in [-0.2, 0) is 4.74 Å². The van der Waals surface area contributed by atoms with E-state index >= 15 is 0 Å². The summed E-state index contributed by atoms with van der Waals surface area (Å²) in [6, 6.07) is 0. The maximum Gasteiger partial charge on any atom is 0.0742 e. The van der Waals surface area contributed by atoms with Crippen molar-refractivity contribution >= 4 is 0 Å². The first-order valence-corrected chi connectivity index (χ1v) is 11.6. The summed E-state index contributed by atoms with van der Waals surface area (Å²) in [6.45, 7) is 7.94. The lowest BCUT2D eigenvalue weighted by Crippen LogP contribution is -2.03. The third kappa shape index (κ3) is 31.6. The average Bonchev–Trinajstić information content (AvgIpc) is 2.64. The first-order valence-electron chi connectivity index (χ1n) is 11.6. The van der Waals surface area contributed by atoms with Gasteiger partial charge in [-0.25, -0.2) is 0 Å². The molecule has 1 atom stereocenters. The molecule has 0 radical (unpaired) electrons. The zero-order valence-electron chi connectivity index (χ0n) is 18.3. The van der Waals surface area contributed by atoms with Crippen molar-refractivity contribution in [3.8, 4) is 0 Å². The number of aliphatic hydroxyl groups is 2. The number of ether oxygens (including phenoxy) is 1. The lowest BCUT2D eigenvalue weighted by Gasteiger charge is -2.05. The van der Waals surface area contributed by atoms with Crippen LogP contribution < -0.4 is 0 Å². The molecule has 0 amide bonds. The lowest BCUT2D eigenvalue weighted by molar-refractivity contribution is 0.110. The SMILES string of the molecule is CC(O)CO.CCCCCCCCCCOCCCCCCCCCC. The van der Waals surface area contributed by atoms with Crippen molar-refractivity contribution in [3.05, 3.63) is 0 Å². The molecule has 1 unspecified atom stereocenters. The van der Waals surface area contributed by atoms with Gasteiger partial charge in [-0.15, -0.1) is 0 Å². The van der Waals surface area contributed by atoms with Crippen LogP contribution in [0.15, 0.2) is 0 Å². The number of rotatable bonds is 19. The molecule has 0 aliphatic heterocycles. The van der Waals surface area contributed by atoms with E-state index in [1.165, 1.54) is 110 Å². The summed E-state index contributed by atoms with van der Waals surface area (Å²) < 4.78 is 5.72. The van der Waals surface area contributed by atoms with Crippen LogP contribution in [0.1, 0.15) is 124 Å². The van der Waals surface area contributed by atoms with Gasteiger partial charge in [-0.2, -0.15) is 0 Å². The Morgan fingerprint density at radius 2 is 0.846 bits per heavy atom. The molecule has 0 aromatic rings. The molecule has 2 N–H and O–H groups in total. The Morgan fingerprint density at radius 1 is 0.577 bits per heavy atom. The van der Waals surface area contributed by atoms with Gasteiger partial charge in [0.1, 0.15) is 0 Å². The van der Waals surface area contributed by atoms with Crippen molar-refractivity contribution in [1.29, 1.82) is 0 Å². The highest BCUT2D eigenvalue weighted by molar-refractivity contribution is 4.47. The molecule has 0 aromatic carbocycles. The van der Waals surface area contributed by atoms with Gasteiger partial charge in [0.05, 0.1) is 12.7 Å². The third-order valence-corrected chi connectivity index (χ3v) is 4.55. The van der Waals surface area contributed by atoms with Gasteiger partial charge < -0.3 is 14.9 Å². The van der Waals surface area contributed by atoms with E-state index in [1.54, 1.807) is 0 Å². The first kappa shape index (κ1) is 28.1. The normalized spacial score (nSPS) is 11.9. The van der Waals surface area contributed by atoms with Gasteiger partial charge in [-0.05, 0) is 19.8 Å². The summed E-state index contributed by atoms with van der Waals surface area (Å²) in [7, 11) is 0. The summed E-state index contributed by atoms with van der Waals surface area (Å²) in [5.74, 6) is 0. The van der Waals surface area contributed by atoms with Crippen molar-refractivity contribution < 1.29 is 14.9 Å². The minimum absolute atomic E-state index is 0.139. The molecule has 26 heavy (non-hydrogen) atoms. The summed E-state index contributed by atoms with van der Waals surface area (Å²) in [4.78, 5) is 0. The van der Waals surface area contributed by atoms with Crippen LogP contribution in [0.5, 0.6) is 0 Å². The van der Waals surface area contributed by atoms with Gasteiger partial charge in [0.25, 0.3) is 0 Å². The van der Waals surface area contributed by atoms with E-state index in [4.69, 9.17) is 14.9 Å². The smallest absolute Gasteiger partial charge is 0.0742 e. The Bertz CT molecular complexity index is 201. The zero-order chi connectivity index (χ0) is 19.7. The monoisotopic (exact) mass is 374 g/mol. The molecule has 0 aromatic heterocycles. The van der Waals surface area contributed by atoms with Gasteiger partial charge in [0.2, 0.25) is 0 Å². The lowest BCUT2D eigenvalue weighted by atomic mass is 10.1. The molecule has 0 heterocycles. The summed E-state index contributed by atoms with van der Waals surface area (Å²) >= 11 is 0. The quantitative estimate of drug-likeness (QED) is 0.249. The fraction of sp³-hybridized carbons (Fsp3) is 1.00. The minimum atomic E-state index is -0.560. The maximum atomic E-state index is 8.11. The topological polar surface area (TPSA) is 49.7 Å². The predicted molar refractivity (Wildman–Crippen MR) is 115 cm³/mol. The minimum Gasteiger partial charge on any atom is -0.394 e. The standard InChI is InChI=1S/C20H42O.C3H8O2/c1-3-5-7-9-11-13-15-17-19-21-20-18-16-14-12-10-8-6-4-2;1-3(5)2-4/h3-20H2,1-2H3;3-5H,2H2,1H3. The highest BCUT2D eigenvalue weighted by Gasteiger charge is 1.94. The molecule has 0 fully saturated rings. The molecule has 0 aliphatic rings. The maximum absolute atomic E-state index is 8.11. The largest absolute Gasteiger partial charge is 0.394 e. The second-order valence-electron chi connectivity index (χ2n) is 7.59. The molecule has 0 aliphatic carbocycles. The molecule has 0 bridgehead atoms. The molecule has 3 nitrogen and oxygen atoms in total. The van der Waals surface area contributed by atoms with E-state index in [0.717, 1.165) is 13.2 Å². The van der Waals surface area contributed by atoms with E-state index in [0.29, 0.717) is 0 Å². The number of hydrogen-bond donors (Lipinski definition) is 2. The average molecular weight is 375 g/mol. The Morgan fingerprint density at radius 3 is 1.12 bits per heavy atom. The van der Waals surface area contributed by atoms with E-state index < -0.39 is 6.10 Å². The number of aliphatic hydroxyl groups excluding tert-OH is 2. The number of hydrogen-bond acceptors (Lipinski definition) is 3. The van der Waals surface area contributed by atoms with Crippen LogP contribution in [0, 0.1) is 0 Å². The van der Waals surface area contributed by atoms with E-state index in [2.05, 4.69) is 13.8 Å². The number of unbranched alkanes of at least 4 members (excludes halogenated alkanes) is 14. The van der Waals surface area contributed by atoms with Gasteiger partial charge in [-0.3, -0.25) is 0 Å². The molecule has 0 saturated heterocycles. The molecular formula is C23H50O3. The van der Waals surface area contributed by atoms with Crippen molar-refractivity contribution in [2.75, 3.05) is 19.8 Å². The highest BCUT2D eigenvalue weighted by atomic mass is 16.5. The van der Waals surface area contributed by atoms with E-state index in [-0.39, 0.29) is 6.61 Å². The summed E-state index contributed by atoms with van der Waals surface area (Å²) in [5.41, 5.74) is 0. The zero-order valence-corrected chi connectivity index (χ0v) is 18.3. The Labute approximate surface area is 164 Å². The first-order chi connectivity index (χ1) is 12.7. The molecule has 0 rings (SSSR count). The van der Waals surface area contributed by atoms with Gasteiger partial charge >= 0.3 is 0 Å². The van der Waals surface area contributed by atoms with Crippen LogP contribution in [0.3, 0.4) is 0 Å². The van der Waals surface area contributed by atoms with Crippen molar-refractivity contribution in [3.63, 3.8) is 0 Å². The highest BCUT2D eigenvalue weighted by Crippen LogP contribution is 2.10. The third-order valence-electron chi connectivity index (χ3n) is 4.55. The van der Waals surface area contributed by atoms with Crippen LogP contribution in [0.2, 0.25) is 0 Å². The van der Waals surface area contributed by atoms with Crippen LogP contribution in [0.4, 0.5) is 0 Å².